The van der Waals surface area contributed by atoms with E-state index in [1.165, 1.54) is 68.1 Å². The molecule has 0 aliphatic rings. The fourth-order valence-electron chi connectivity index (χ4n) is 3.36. The number of fused-ring (bicyclic) bond motifs is 2. The Morgan fingerprint density at radius 2 is 0.536 bits per heavy atom. The molecule has 4 aromatic rings. The summed E-state index contributed by atoms with van der Waals surface area (Å²) in [7, 11) is 13.5. The molecule has 6 N–H and O–H groups in total. The van der Waals surface area contributed by atoms with E-state index in [4.69, 9.17) is 0 Å². The van der Waals surface area contributed by atoms with Gasteiger partial charge in [-0.2, -0.15) is 0 Å². The number of hydrogen-bond acceptors (Lipinski definition) is 12. The molecule has 0 fully saturated rings. The Morgan fingerprint density at radius 1 is 0.393 bits per heavy atom. The van der Waals surface area contributed by atoms with Crippen LogP contribution < -0.4 is 20.4 Å². The summed E-state index contributed by atoms with van der Waals surface area (Å²) < 4.78 is 0. The molecule has 0 unspecified atom stereocenters. The van der Waals surface area contributed by atoms with Gasteiger partial charge in [0.2, 0.25) is 25.6 Å². The average Bonchev–Trinajstić information content (AvgIpc) is 3.11. The van der Waals surface area contributed by atoms with Crippen molar-refractivity contribution in [2.24, 2.45) is 0 Å². The Kier molecular flexibility index (Phi) is 37.4. The Hall–Kier alpha value is -5.88. The smallest absolute Gasteiger partial charge is 0.545 e. The summed E-state index contributed by atoms with van der Waals surface area (Å²) in [6, 6.07) is 17.9. The van der Waals surface area contributed by atoms with E-state index >= 15 is 0 Å². The second-order valence-electron chi connectivity index (χ2n) is 10.8. The van der Waals surface area contributed by atoms with E-state index in [1.807, 2.05) is 0 Å². The number of amides is 4. The van der Waals surface area contributed by atoms with Crippen molar-refractivity contribution in [3.63, 3.8) is 0 Å². The van der Waals surface area contributed by atoms with Crippen LogP contribution in [0.1, 0.15) is 41.4 Å². The first-order valence-electron chi connectivity index (χ1n) is 14.7. The normalized spacial score (nSPS) is 8.29. The number of benzene rings is 4. The van der Waals surface area contributed by atoms with Crippen molar-refractivity contribution in [2.75, 3.05) is 56.4 Å². The molecule has 0 aliphatic carbocycles. The molecule has 0 saturated heterocycles. The van der Waals surface area contributed by atoms with E-state index < -0.39 is 23.9 Å². The van der Waals surface area contributed by atoms with Gasteiger partial charge in [-0.05, 0) is 21.5 Å². The molecule has 0 aliphatic heterocycles. The molecular weight excluding hydrogens is 840 g/mol. The van der Waals surface area contributed by atoms with Gasteiger partial charge >= 0.3 is 34.1 Å². The quantitative estimate of drug-likeness (QED) is 0.0932. The number of carbonyl (C=O) groups excluding carboxylic acids is 8. The van der Waals surface area contributed by atoms with Crippen molar-refractivity contribution in [1.82, 2.24) is 19.6 Å². The number of carboxylic acid groups (broad SMARTS) is 4. The molecule has 56 heavy (non-hydrogen) atoms. The summed E-state index contributed by atoms with van der Waals surface area (Å²) in [6.45, 7) is 0. The Morgan fingerprint density at radius 3 is 0.643 bits per heavy atom. The first-order chi connectivity index (χ1) is 24.3. The van der Waals surface area contributed by atoms with E-state index in [-0.39, 0.29) is 78.1 Å². The first kappa shape index (κ1) is 62.1. The van der Waals surface area contributed by atoms with Gasteiger partial charge in [0, 0.05) is 78.6 Å². The van der Waals surface area contributed by atoms with Crippen LogP contribution in [-0.2, 0) is 64.3 Å². The van der Waals surface area contributed by atoms with Gasteiger partial charge in [0.05, 0.1) is 23.9 Å². The topological polar surface area (TPSA) is 308 Å². The van der Waals surface area contributed by atoms with Gasteiger partial charge in [0.1, 0.15) is 0 Å². The van der Waals surface area contributed by atoms with Gasteiger partial charge in [-0.15, -0.1) is 0 Å². The van der Waals surface area contributed by atoms with E-state index in [1.54, 1.807) is 80.6 Å². The van der Waals surface area contributed by atoms with Gasteiger partial charge in [-0.1, -0.05) is 72.8 Å². The maximum atomic E-state index is 10.9. The van der Waals surface area contributed by atoms with Gasteiger partial charge in [0.15, 0.2) is 0 Å². The molecule has 20 heteroatoms. The predicted molar refractivity (Wildman–Crippen MR) is 194 cm³/mol. The van der Waals surface area contributed by atoms with Crippen LogP contribution in [0.5, 0.6) is 0 Å². The molecule has 4 amide bonds. The van der Waals surface area contributed by atoms with Crippen LogP contribution in [0.25, 0.3) is 21.5 Å². The van der Waals surface area contributed by atoms with Crippen LogP contribution in [-0.4, -0.2) is 125 Å². The second-order valence-corrected chi connectivity index (χ2v) is 10.8. The van der Waals surface area contributed by atoms with Crippen LogP contribution in [0.4, 0.5) is 0 Å². The monoisotopic (exact) mass is 884 g/mol. The van der Waals surface area contributed by atoms with Crippen LogP contribution in [0, 0.1) is 0 Å². The zero-order valence-corrected chi connectivity index (χ0v) is 33.6. The summed E-state index contributed by atoms with van der Waals surface area (Å²) >= 11 is 0. The number of nitrogens with zero attached hydrogens (tertiary/aromatic N) is 4. The van der Waals surface area contributed by atoms with Gasteiger partial charge in [-0.3, -0.25) is 19.2 Å². The number of hydrogen-bond donors (Lipinski definition) is 0. The predicted octanol–water partition coefficient (Wildman–Crippen LogP) is -3.90. The minimum Gasteiger partial charge on any atom is -0.545 e. The van der Waals surface area contributed by atoms with Crippen LogP contribution >= 0.6 is 0 Å². The number of aromatic carboxylic acids is 4. The standard InChI is InChI=1S/2C12H8O4.4C3H7NO.2Cu.2H2O/c2*13-11(14)8-5-1-3-7-4-2-6-9(10(7)8)12(15)16;4*1-4(2)3-5;;;;/h2*1-6H,(H,13,14)(H,15,16);4*3H,1-2H3;;;2*1H2/q;;;;;;2*+2;;/p-2. The Balaban J connectivity index is -0.000000145. The maximum Gasteiger partial charge on any atom is 2.00 e. The fourth-order valence-corrected chi connectivity index (χ4v) is 3.36. The second kappa shape index (κ2) is 33.7. The first-order valence-corrected chi connectivity index (χ1v) is 14.7. The van der Waals surface area contributed by atoms with Gasteiger partial charge in [0.25, 0.3) is 0 Å². The van der Waals surface area contributed by atoms with Crippen LogP contribution in [0.3, 0.4) is 0 Å². The number of rotatable bonds is 8. The van der Waals surface area contributed by atoms with E-state index in [2.05, 4.69) is 0 Å². The summed E-state index contributed by atoms with van der Waals surface area (Å²) in [5.74, 6) is -5.61. The van der Waals surface area contributed by atoms with Crippen LogP contribution in [0.15, 0.2) is 72.8 Å². The molecule has 0 saturated carbocycles. The zero-order chi connectivity index (χ0) is 40.6. The number of carbonyl (C=O) groups is 8. The van der Waals surface area contributed by atoms with Crippen molar-refractivity contribution in [3.05, 3.63) is 95.1 Å². The minimum atomic E-state index is -1.40. The molecule has 4 rings (SSSR count). The van der Waals surface area contributed by atoms with E-state index in [0.717, 1.165) is 25.6 Å². The third kappa shape index (κ3) is 24.4. The third-order valence-electron chi connectivity index (χ3n) is 5.53. The molecule has 314 valence electrons. The summed E-state index contributed by atoms with van der Waals surface area (Å²) in [5.41, 5.74) is -0.566. The summed E-state index contributed by atoms with van der Waals surface area (Å²) in [4.78, 5) is 87.0. The van der Waals surface area contributed by atoms with Crippen molar-refractivity contribution in [2.45, 2.75) is 0 Å². The Bertz CT molecular complexity index is 1570. The maximum absolute atomic E-state index is 10.9. The fraction of sp³-hybridized carbons (Fsp3) is 0.222. The number of carboxylic acids is 4. The molecule has 0 spiro atoms. The molecular formula is C36H46Cu2N4O14+2. The molecule has 18 nitrogen and oxygen atoms in total. The van der Waals surface area contributed by atoms with E-state index in [9.17, 15) is 58.8 Å². The molecule has 0 bridgehead atoms. The largest absolute Gasteiger partial charge is 2.00 e. The Labute approximate surface area is 344 Å². The molecule has 0 aromatic heterocycles. The van der Waals surface area contributed by atoms with Gasteiger partial charge in [-0.25, -0.2) is 0 Å². The molecule has 0 atom stereocenters. The zero-order valence-electron chi connectivity index (χ0n) is 31.7. The summed E-state index contributed by atoms with van der Waals surface area (Å²) in [5, 5.41) is 44.8. The van der Waals surface area contributed by atoms with Crippen molar-refractivity contribution < 1.29 is 104 Å². The van der Waals surface area contributed by atoms with Crippen LogP contribution in [0.2, 0.25) is 0 Å². The van der Waals surface area contributed by atoms with E-state index in [0.29, 0.717) is 10.8 Å². The van der Waals surface area contributed by atoms with Crippen molar-refractivity contribution in [3.8, 4) is 0 Å². The SMILES string of the molecule is CN(C)C=O.CN(C)C=O.CN(C)C=O.CN(C)C=O.O=C([O-])c1cccc2cccc(C(=O)[O-])c12.O=C([O-])c1cccc2cccc(C(=O)[O-])c12.[Cu+2].[Cu+2].[OH3+].[OH3+]. The van der Waals surface area contributed by atoms with Crippen molar-refractivity contribution in [1.29, 1.82) is 0 Å². The minimum absolute atomic E-state index is 0. The molecule has 4 aromatic carbocycles. The van der Waals surface area contributed by atoms with Crippen molar-refractivity contribution >= 4 is 71.1 Å². The molecule has 0 heterocycles. The summed E-state index contributed by atoms with van der Waals surface area (Å²) in [6.07, 6.45) is 3.00. The molecule has 2 radical (unpaired) electrons. The third-order valence-corrected chi connectivity index (χ3v) is 5.53. The average molecular weight is 886 g/mol. The van der Waals surface area contributed by atoms with Gasteiger partial charge < -0.3 is 70.2 Å².